The van der Waals surface area contributed by atoms with Crippen LogP contribution < -0.4 is 10.6 Å². The summed E-state index contributed by atoms with van der Waals surface area (Å²) < 4.78 is 1.95. The van der Waals surface area contributed by atoms with Gasteiger partial charge in [-0.1, -0.05) is 19.1 Å². The van der Waals surface area contributed by atoms with Crippen LogP contribution >= 0.6 is 12.4 Å². The Balaban J connectivity index is 0.00000242. The number of anilines is 1. The smallest absolute Gasteiger partial charge is 0.228 e. The van der Waals surface area contributed by atoms with Gasteiger partial charge in [-0.15, -0.1) is 22.6 Å². The Bertz CT molecular complexity index is 613. The lowest BCUT2D eigenvalue weighted by molar-refractivity contribution is -0.119. The highest BCUT2D eigenvalue weighted by molar-refractivity contribution is 5.96. The molecule has 0 saturated carbocycles. The fourth-order valence-corrected chi connectivity index (χ4v) is 2.14. The number of amides is 1. The third-order valence-electron chi connectivity index (χ3n) is 3.34. The molecule has 0 aliphatic rings. The minimum Gasteiger partial charge on any atom is -0.325 e. The molecule has 1 aromatic heterocycles. The van der Waals surface area contributed by atoms with Crippen LogP contribution in [-0.2, 0) is 11.3 Å². The van der Waals surface area contributed by atoms with E-state index >= 15 is 0 Å². The van der Waals surface area contributed by atoms with Crippen molar-refractivity contribution >= 4 is 24.0 Å². The highest BCUT2D eigenvalue weighted by Crippen LogP contribution is 2.26. The van der Waals surface area contributed by atoms with Crippen LogP contribution in [0.3, 0.4) is 0 Å². The van der Waals surface area contributed by atoms with Crippen molar-refractivity contribution in [2.45, 2.75) is 20.4 Å². The maximum absolute atomic E-state index is 12.2. The summed E-state index contributed by atoms with van der Waals surface area (Å²) >= 11 is 0. The van der Waals surface area contributed by atoms with Gasteiger partial charge in [0.15, 0.2) is 5.82 Å². The van der Waals surface area contributed by atoms with E-state index in [0.29, 0.717) is 6.54 Å². The van der Waals surface area contributed by atoms with Crippen LogP contribution in [0.1, 0.15) is 13.8 Å². The van der Waals surface area contributed by atoms with Crippen LogP contribution in [0, 0.1) is 5.92 Å². The van der Waals surface area contributed by atoms with Gasteiger partial charge in [-0.25, -0.2) is 0 Å². The van der Waals surface area contributed by atoms with E-state index in [0.717, 1.165) is 23.6 Å². The average molecular weight is 324 g/mol. The number of nitrogens with one attached hydrogen (secondary N) is 2. The number of nitrogens with zero attached hydrogens (tertiary/aromatic N) is 3. The van der Waals surface area contributed by atoms with E-state index in [1.165, 1.54) is 0 Å². The molecule has 7 heteroatoms. The molecule has 2 rings (SSSR count). The first kappa shape index (κ1) is 18.1. The van der Waals surface area contributed by atoms with Crippen molar-refractivity contribution in [1.29, 1.82) is 0 Å². The Labute approximate surface area is 136 Å². The maximum Gasteiger partial charge on any atom is 0.228 e. The molecule has 0 spiro atoms. The van der Waals surface area contributed by atoms with Gasteiger partial charge < -0.3 is 15.2 Å². The molecular weight excluding hydrogens is 302 g/mol. The molecule has 2 aromatic rings. The van der Waals surface area contributed by atoms with Crippen molar-refractivity contribution in [1.82, 2.24) is 20.1 Å². The van der Waals surface area contributed by atoms with Crippen molar-refractivity contribution in [2.75, 3.05) is 18.9 Å². The molecule has 120 valence electrons. The zero-order valence-corrected chi connectivity index (χ0v) is 13.9. The fourth-order valence-electron chi connectivity index (χ4n) is 2.14. The first-order chi connectivity index (χ1) is 10.2. The molecule has 0 bridgehead atoms. The minimum atomic E-state index is -0.105. The van der Waals surface area contributed by atoms with Gasteiger partial charge in [-0.05, 0) is 26.1 Å². The van der Waals surface area contributed by atoms with Crippen LogP contribution in [0.2, 0.25) is 0 Å². The Morgan fingerprint density at radius 2 is 2.09 bits per heavy atom. The molecule has 22 heavy (non-hydrogen) atoms. The minimum absolute atomic E-state index is 0. The van der Waals surface area contributed by atoms with Gasteiger partial charge in [0.1, 0.15) is 6.33 Å². The van der Waals surface area contributed by atoms with E-state index in [9.17, 15) is 4.79 Å². The lowest BCUT2D eigenvalue weighted by Crippen LogP contribution is -2.28. The number of carbonyl (C=O) groups excluding carboxylic acids is 1. The van der Waals surface area contributed by atoms with Crippen molar-refractivity contribution in [3.63, 3.8) is 0 Å². The zero-order valence-electron chi connectivity index (χ0n) is 13.0. The predicted molar refractivity (Wildman–Crippen MR) is 90.1 cm³/mol. The fraction of sp³-hybridized carbons (Fsp3) is 0.400. The second-order valence-corrected chi connectivity index (χ2v) is 4.93. The van der Waals surface area contributed by atoms with E-state index in [4.69, 9.17) is 0 Å². The van der Waals surface area contributed by atoms with Crippen molar-refractivity contribution in [3.8, 4) is 11.4 Å². The Kier molecular flexibility index (Phi) is 7.01. The van der Waals surface area contributed by atoms with E-state index in [2.05, 4.69) is 20.8 Å². The van der Waals surface area contributed by atoms with E-state index in [1.54, 1.807) is 6.33 Å². The number of halogens is 1. The predicted octanol–water partition coefficient (Wildman–Crippen LogP) is 2.18. The third-order valence-corrected chi connectivity index (χ3v) is 3.34. The summed E-state index contributed by atoms with van der Waals surface area (Å²) in [4.78, 5) is 12.2. The molecule has 0 fully saturated rings. The van der Waals surface area contributed by atoms with Gasteiger partial charge in [0, 0.05) is 24.6 Å². The topological polar surface area (TPSA) is 71.8 Å². The molecule has 0 aliphatic carbocycles. The van der Waals surface area contributed by atoms with Gasteiger partial charge in [0.25, 0.3) is 0 Å². The Morgan fingerprint density at radius 1 is 1.36 bits per heavy atom. The molecular formula is C15H22ClN5O. The van der Waals surface area contributed by atoms with Gasteiger partial charge in [-0.2, -0.15) is 0 Å². The lowest BCUT2D eigenvalue weighted by Gasteiger charge is -2.14. The van der Waals surface area contributed by atoms with Gasteiger partial charge >= 0.3 is 0 Å². The summed E-state index contributed by atoms with van der Waals surface area (Å²) in [6.07, 6.45) is 1.69. The number of hydrogen-bond acceptors (Lipinski definition) is 4. The molecule has 0 saturated heterocycles. The number of carbonyl (C=O) groups is 1. The van der Waals surface area contributed by atoms with E-state index in [-0.39, 0.29) is 24.2 Å². The largest absolute Gasteiger partial charge is 0.325 e. The number of aromatic nitrogens is 3. The van der Waals surface area contributed by atoms with Gasteiger partial charge in [0.2, 0.25) is 5.91 Å². The van der Waals surface area contributed by atoms with Crippen LogP contribution in [0.4, 0.5) is 5.69 Å². The number of benzene rings is 1. The molecule has 1 unspecified atom stereocenters. The summed E-state index contributed by atoms with van der Waals surface area (Å²) in [5.41, 5.74) is 1.63. The van der Waals surface area contributed by atoms with Crippen LogP contribution in [-0.4, -0.2) is 34.3 Å². The Morgan fingerprint density at radius 3 is 2.77 bits per heavy atom. The first-order valence-corrected chi connectivity index (χ1v) is 7.10. The number of para-hydroxylation sites is 1. The van der Waals surface area contributed by atoms with Crippen LogP contribution in [0.5, 0.6) is 0 Å². The first-order valence-electron chi connectivity index (χ1n) is 7.10. The molecule has 6 nitrogen and oxygen atoms in total. The quantitative estimate of drug-likeness (QED) is 0.854. The number of aryl methyl sites for hydroxylation is 1. The average Bonchev–Trinajstić information content (AvgIpc) is 2.96. The molecule has 1 aromatic carbocycles. The van der Waals surface area contributed by atoms with Crippen molar-refractivity contribution < 1.29 is 4.79 Å². The maximum atomic E-state index is 12.2. The van der Waals surface area contributed by atoms with Crippen LogP contribution in [0.25, 0.3) is 11.4 Å². The number of hydrogen-bond donors (Lipinski definition) is 2. The molecule has 1 atom stereocenters. The molecule has 0 radical (unpaired) electrons. The standard InChI is InChI=1S/C15H21N5O.ClH/c1-4-20-10-17-19-14(20)12-7-5-6-8-13(12)18-15(21)11(2)9-16-3;/h5-8,10-11,16H,4,9H2,1-3H3,(H,18,21);1H. The highest BCUT2D eigenvalue weighted by atomic mass is 35.5. The van der Waals surface area contributed by atoms with Crippen molar-refractivity contribution in [3.05, 3.63) is 30.6 Å². The van der Waals surface area contributed by atoms with Gasteiger partial charge in [0.05, 0.1) is 5.69 Å². The third kappa shape index (κ3) is 4.05. The summed E-state index contributed by atoms with van der Waals surface area (Å²) in [5.74, 6) is 0.640. The summed E-state index contributed by atoms with van der Waals surface area (Å²) in [5, 5.41) is 14.1. The van der Waals surface area contributed by atoms with E-state index < -0.39 is 0 Å². The second-order valence-electron chi connectivity index (χ2n) is 4.93. The molecule has 1 amide bonds. The van der Waals surface area contributed by atoms with Crippen LogP contribution in [0.15, 0.2) is 30.6 Å². The SMILES string of the molecule is CCn1cnnc1-c1ccccc1NC(=O)C(C)CNC.Cl. The second kappa shape index (κ2) is 8.51. The van der Waals surface area contributed by atoms with E-state index in [1.807, 2.05) is 49.7 Å². The Hall–Kier alpha value is -1.92. The normalized spacial score (nSPS) is 11.6. The summed E-state index contributed by atoms with van der Waals surface area (Å²) in [7, 11) is 1.83. The molecule has 0 aliphatic heterocycles. The zero-order chi connectivity index (χ0) is 15.2. The monoisotopic (exact) mass is 323 g/mol. The molecule has 2 N–H and O–H groups in total. The number of rotatable bonds is 6. The van der Waals surface area contributed by atoms with Crippen molar-refractivity contribution in [2.24, 2.45) is 5.92 Å². The lowest BCUT2D eigenvalue weighted by atomic mass is 10.1. The molecule has 1 heterocycles. The van der Waals surface area contributed by atoms with Gasteiger partial charge in [-0.3, -0.25) is 4.79 Å². The highest BCUT2D eigenvalue weighted by Gasteiger charge is 2.16. The summed E-state index contributed by atoms with van der Waals surface area (Å²) in [6.45, 7) is 5.34. The summed E-state index contributed by atoms with van der Waals surface area (Å²) in [6, 6.07) is 7.65.